The second-order valence-electron chi connectivity index (χ2n) is 5.91. The highest BCUT2D eigenvalue weighted by molar-refractivity contribution is 6.04. The molecule has 0 heterocycles. The van der Waals surface area contributed by atoms with Crippen molar-refractivity contribution in [3.05, 3.63) is 54.1 Å². The van der Waals surface area contributed by atoms with Gasteiger partial charge in [0.15, 0.2) is 13.1 Å². The first-order chi connectivity index (χ1) is 13.5. The summed E-state index contributed by atoms with van der Waals surface area (Å²) in [4.78, 5) is 35.3. The normalized spacial score (nSPS) is 10.1. The minimum Gasteiger partial charge on any atom is -0.494 e. The van der Waals surface area contributed by atoms with Crippen LogP contribution in [0.3, 0.4) is 0 Å². The van der Waals surface area contributed by atoms with Gasteiger partial charge in [0.05, 0.1) is 6.61 Å². The number of anilines is 2. The van der Waals surface area contributed by atoms with Crippen LogP contribution in [0.1, 0.15) is 17.3 Å². The number of carbonyl (C=O) groups excluding carboxylic acids is 3. The van der Waals surface area contributed by atoms with E-state index in [0.29, 0.717) is 23.5 Å². The molecular formula is C20H25N4O4+. The van der Waals surface area contributed by atoms with Gasteiger partial charge >= 0.3 is 0 Å². The van der Waals surface area contributed by atoms with Crippen LogP contribution in [0.5, 0.6) is 5.75 Å². The standard InChI is InChI=1S/C20H24N4O4/c1-3-28-17-10-8-16(9-11-17)24-20(27)14-4-6-15(7-5-14)23-19(26)13-22-12-18(25)21-2/h4-11,22H,3,12-13H2,1-2H3,(H,21,25)(H,23,26)(H,24,27)/p+1. The number of ether oxygens (including phenoxy) is 1. The Kier molecular flexibility index (Phi) is 7.98. The van der Waals surface area contributed by atoms with Gasteiger partial charge in [0.25, 0.3) is 17.7 Å². The van der Waals surface area contributed by atoms with Crippen molar-refractivity contribution < 1.29 is 24.4 Å². The lowest BCUT2D eigenvalue weighted by atomic mass is 10.2. The van der Waals surface area contributed by atoms with E-state index in [1.807, 2.05) is 6.92 Å². The second kappa shape index (κ2) is 10.7. The molecule has 8 nitrogen and oxygen atoms in total. The Hall–Kier alpha value is -3.39. The Labute approximate surface area is 163 Å². The van der Waals surface area contributed by atoms with Crippen LogP contribution in [0.15, 0.2) is 48.5 Å². The average molecular weight is 385 g/mol. The molecule has 0 unspecified atom stereocenters. The van der Waals surface area contributed by atoms with Crippen LogP contribution in [-0.4, -0.2) is 44.5 Å². The molecule has 5 N–H and O–H groups in total. The first kappa shape index (κ1) is 20.9. The molecule has 148 valence electrons. The molecule has 0 radical (unpaired) electrons. The molecule has 28 heavy (non-hydrogen) atoms. The molecule has 3 amide bonds. The number of amides is 3. The summed E-state index contributed by atoms with van der Waals surface area (Å²) < 4.78 is 5.37. The van der Waals surface area contributed by atoms with E-state index in [1.165, 1.54) is 0 Å². The Balaban J connectivity index is 1.84. The lowest BCUT2D eigenvalue weighted by molar-refractivity contribution is -0.632. The fraction of sp³-hybridized carbons (Fsp3) is 0.250. The van der Waals surface area contributed by atoms with Crippen LogP contribution in [0, 0.1) is 0 Å². The zero-order valence-electron chi connectivity index (χ0n) is 16.0. The lowest BCUT2D eigenvalue weighted by Gasteiger charge is -2.08. The maximum Gasteiger partial charge on any atom is 0.279 e. The van der Waals surface area contributed by atoms with Gasteiger partial charge in [0.1, 0.15) is 5.75 Å². The van der Waals surface area contributed by atoms with Gasteiger partial charge in [0.2, 0.25) is 0 Å². The van der Waals surface area contributed by atoms with Gasteiger partial charge in [-0.2, -0.15) is 0 Å². The fourth-order valence-electron chi connectivity index (χ4n) is 2.36. The van der Waals surface area contributed by atoms with Crippen molar-refractivity contribution >= 4 is 29.1 Å². The molecule has 2 aromatic carbocycles. The van der Waals surface area contributed by atoms with Gasteiger partial charge in [-0.1, -0.05) is 0 Å². The van der Waals surface area contributed by atoms with Crippen molar-refractivity contribution in [2.75, 3.05) is 37.4 Å². The van der Waals surface area contributed by atoms with Crippen molar-refractivity contribution in [1.29, 1.82) is 0 Å². The molecule has 0 aliphatic heterocycles. The highest BCUT2D eigenvalue weighted by Crippen LogP contribution is 2.17. The van der Waals surface area contributed by atoms with Crippen molar-refractivity contribution in [3.63, 3.8) is 0 Å². The number of carbonyl (C=O) groups is 3. The summed E-state index contributed by atoms with van der Waals surface area (Å²) in [6.07, 6.45) is 0. The monoisotopic (exact) mass is 385 g/mol. The van der Waals surface area contributed by atoms with Crippen molar-refractivity contribution in [1.82, 2.24) is 5.32 Å². The number of rotatable bonds is 9. The van der Waals surface area contributed by atoms with E-state index in [9.17, 15) is 14.4 Å². The van der Waals surface area contributed by atoms with Crippen LogP contribution in [0.25, 0.3) is 0 Å². The van der Waals surface area contributed by atoms with E-state index in [0.717, 1.165) is 5.75 Å². The molecule has 0 atom stereocenters. The Morgan fingerprint density at radius 3 is 2.04 bits per heavy atom. The summed E-state index contributed by atoms with van der Waals surface area (Å²) in [6, 6.07) is 13.7. The number of nitrogens with two attached hydrogens (primary N) is 1. The quantitative estimate of drug-likeness (QED) is 0.506. The summed E-state index contributed by atoms with van der Waals surface area (Å²) in [5, 5.41) is 9.62. The van der Waals surface area contributed by atoms with Crippen LogP contribution in [0.2, 0.25) is 0 Å². The second-order valence-corrected chi connectivity index (χ2v) is 5.91. The SMILES string of the molecule is CCOc1ccc(NC(=O)c2ccc(NC(=O)C[NH2+]CC(=O)NC)cc2)cc1. The Bertz CT molecular complexity index is 804. The van der Waals surface area contributed by atoms with Gasteiger partial charge in [-0.25, -0.2) is 0 Å². The van der Waals surface area contributed by atoms with Crippen LogP contribution >= 0.6 is 0 Å². The predicted molar refractivity (Wildman–Crippen MR) is 106 cm³/mol. The summed E-state index contributed by atoms with van der Waals surface area (Å²) in [6.45, 7) is 2.81. The van der Waals surface area contributed by atoms with Crippen molar-refractivity contribution in [3.8, 4) is 5.75 Å². The van der Waals surface area contributed by atoms with E-state index >= 15 is 0 Å². The number of nitrogens with one attached hydrogen (secondary N) is 3. The van der Waals surface area contributed by atoms with Gasteiger partial charge in [0, 0.05) is 24.0 Å². The summed E-state index contributed by atoms with van der Waals surface area (Å²) in [5.74, 6) is 0.125. The first-order valence-corrected chi connectivity index (χ1v) is 8.98. The zero-order chi connectivity index (χ0) is 20.4. The average Bonchev–Trinajstić information content (AvgIpc) is 2.70. The Morgan fingerprint density at radius 1 is 0.857 bits per heavy atom. The lowest BCUT2D eigenvalue weighted by Crippen LogP contribution is -2.88. The molecule has 0 aliphatic carbocycles. The zero-order valence-corrected chi connectivity index (χ0v) is 16.0. The molecule has 0 saturated carbocycles. The molecule has 0 saturated heterocycles. The molecule has 8 heteroatoms. The molecule has 2 aromatic rings. The highest BCUT2D eigenvalue weighted by Gasteiger charge is 2.09. The molecule has 0 aromatic heterocycles. The molecule has 0 aliphatic rings. The number of hydrogen-bond acceptors (Lipinski definition) is 4. The van der Waals surface area contributed by atoms with E-state index in [4.69, 9.17) is 4.74 Å². The fourth-order valence-corrected chi connectivity index (χ4v) is 2.36. The minimum absolute atomic E-state index is 0.132. The smallest absolute Gasteiger partial charge is 0.279 e. The number of quaternary nitrogens is 1. The highest BCUT2D eigenvalue weighted by atomic mass is 16.5. The van der Waals surface area contributed by atoms with E-state index in [-0.39, 0.29) is 30.8 Å². The van der Waals surface area contributed by atoms with E-state index < -0.39 is 0 Å². The van der Waals surface area contributed by atoms with Gasteiger partial charge in [-0.05, 0) is 55.5 Å². The Morgan fingerprint density at radius 2 is 1.43 bits per heavy atom. The number of hydrogen-bond donors (Lipinski definition) is 4. The third-order valence-electron chi connectivity index (χ3n) is 3.79. The third kappa shape index (κ3) is 6.73. The van der Waals surface area contributed by atoms with Gasteiger partial charge in [-0.3, -0.25) is 14.4 Å². The molecular weight excluding hydrogens is 360 g/mol. The van der Waals surface area contributed by atoms with E-state index in [1.54, 1.807) is 60.9 Å². The maximum absolute atomic E-state index is 12.3. The summed E-state index contributed by atoms with van der Waals surface area (Å²) in [5.41, 5.74) is 1.71. The van der Waals surface area contributed by atoms with Crippen molar-refractivity contribution in [2.24, 2.45) is 0 Å². The largest absolute Gasteiger partial charge is 0.494 e. The molecule has 0 fully saturated rings. The topological polar surface area (TPSA) is 113 Å². The third-order valence-corrected chi connectivity index (χ3v) is 3.79. The maximum atomic E-state index is 12.3. The molecule has 0 spiro atoms. The van der Waals surface area contributed by atoms with Crippen LogP contribution in [-0.2, 0) is 9.59 Å². The van der Waals surface area contributed by atoms with E-state index in [2.05, 4.69) is 16.0 Å². The van der Waals surface area contributed by atoms with Gasteiger partial charge < -0.3 is 26.0 Å². The summed E-state index contributed by atoms with van der Waals surface area (Å²) in [7, 11) is 1.55. The van der Waals surface area contributed by atoms with Gasteiger partial charge in [-0.15, -0.1) is 0 Å². The molecule has 2 rings (SSSR count). The van der Waals surface area contributed by atoms with Crippen LogP contribution < -0.4 is 26.0 Å². The summed E-state index contributed by atoms with van der Waals surface area (Å²) >= 11 is 0. The van der Waals surface area contributed by atoms with Crippen molar-refractivity contribution in [2.45, 2.75) is 6.92 Å². The van der Waals surface area contributed by atoms with Crippen LogP contribution in [0.4, 0.5) is 11.4 Å². The number of likely N-dealkylation sites (N-methyl/N-ethyl adjacent to an activating group) is 1. The number of benzene rings is 2. The predicted octanol–water partition coefficient (Wildman–Crippen LogP) is 0.586. The molecule has 0 bridgehead atoms. The minimum atomic E-state index is -0.249. The first-order valence-electron chi connectivity index (χ1n) is 8.98.